The van der Waals surface area contributed by atoms with E-state index < -0.39 is 0 Å². The predicted octanol–water partition coefficient (Wildman–Crippen LogP) is 5.17. The lowest BCUT2D eigenvalue weighted by atomic mass is 10.1. The number of hydrogen-bond donors (Lipinski definition) is 0. The summed E-state index contributed by atoms with van der Waals surface area (Å²) < 4.78 is 7.70. The highest BCUT2D eigenvalue weighted by atomic mass is 32.2. The maximum atomic E-state index is 5.40. The molecule has 3 aromatic rings. The Morgan fingerprint density at radius 3 is 2.53 bits per heavy atom. The first-order chi connectivity index (χ1) is 14.7. The minimum Gasteiger partial charge on any atom is -0.497 e. The fourth-order valence-electron chi connectivity index (χ4n) is 3.89. The molecule has 1 saturated heterocycles. The predicted molar refractivity (Wildman–Crippen MR) is 122 cm³/mol. The molecule has 0 radical (unpaired) electrons. The summed E-state index contributed by atoms with van der Waals surface area (Å²) in [6.07, 6.45) is 3.90. The normalized spacial score (nSPS) is 15.8. The minimum absolute atomic E-state index is 0.252. The molecule has 6 heteroatoms. The minimum atomic E-state index is 0.252. The van der Waals surface area contributed by atoms with Crippen LogP contribution in [0.15, 0.2) is 59.8 Å². The number of piperidine rings is 1. The molecule has 0 bridgehead atoms. The molecule has 0 aliphatic carbocycles. The van der Waals surface area contributed by atoms with Crippen molar-refractivity contribution >= 4 is 11.8 Å². The van der Waals surface area contributed by atoms with Gasteiger partial charge in [-0.1, -0.05) is 60.6 Å². The second-order valence-corrected chi connectivity index (χ2v) is 9.15. The van der Waals surface area contributed by atoms with Gasteiger partial charge in [0, 0.05) is 5.25 Å². The number of hydrogen-bond acceptors (Lipinski definition) is 5. The van der Waals surface area contributed by atoms with Crippen LogP contribution in [0.1, 0.15) is 48.4 Å². The molecule has 0 spiro atoms. The van der Waals surface area contributed by atoms with Crippen molar-refractivity contribution in [2.45, 2.75) is 49.7 Å². The molecule has 1 aliphatic rings. The molecular formula is C24H30N4OS. The van der Waals surface area contributed by atoms with Crippen molar-refractivity contribution in [1.82, 2.24) is 19.7 Å². The van der Waals surface area contributed by atoms with Crippen molar-refractivity contribution in [3.63, 3.8) is 0 Å². The molecule has 0 saturated carbocycles. The van der Waals surface area contributed by atoms with E-state index in [0.29, 0.717) is 0 Å². The van der Waals surface area contributed by atoms with E-state index in [1.54, 1.807) is 18.9 Å². The largest absolute Gasteiger partial charge is 0.497 e. The van der Waals surface area contributed by atoms with Crippen LogP contribution in [-0.2, 0) is 13.1 Å². The van der Waals surface area contributed by atoms with Gasteiger partial charge in [0.15, 0.2) is 5.16 Å². The average Bonchev–Trinajstić information content (AvgIpc) is 3.16. The van der Waals surface area contributed by atoms with E-state index in [2.05, 4.69) is 69.1 Å². The Morgan fingerprint density at radius 2 is 1.77 bits per heavy atom. The van der Waals surface area contributed by atoms with Gasteiger partial charge in [-0.25, -0.2) is 0 Å². The number of ether oxygens (including phenoxy) is 1. The molecule has 2 aromatic carbocycles. The zero-order valence-electron chi connectivity index (χ0n) is 17.8. The van der Waals surface area contributed by atoms with Crippen LogP contribution in [0, 0.1) is 0 Å². The Labute approximate surface area is 183 Å². The number of methoxy groups -OCH3 is 1. The second kappa shape index (κ2) is 10.1. The van der Waals surface area contributed by atoms with E-state index in [1.807, 2.05) is 12.1 Å². The Morgan fingerprint density at radius 1 is 0.967 bits per heavy atom. The first-order valence-corrected chi connectivity index (χ1v) is 11.6. The molecule has 2 heterocycles. The lowest BCUT2D eigenvalue weighted by molar-refractivity contribution is 0.213. The third kappa shape index (κ3) is 5.24. The maximum absolute atomic E-state index is 5.40. The molecule has 1 aliphatic heterocycles. The van der Waals surface area contributed by atoms with Crippen molar-refractivity contribution in [1.29, 1.82) is 0 Å². The van der Waals surface area contributed by atoms with Gasteiger partial charge in [-0.15, -0.1) is 10.2 Å². The van der Waals surface area contributed by atoms with Crippen LogP contribution >= 0.6 is 11.8 Å². The van der Waals surface area contributed by atoms with E-state index in [-0.39, 0.29) is 5.25 Å². The number of aromatic nitrogens is 3. The van der Waals surface area contributed by atoms with Crippen LogP contribution in [0.4, 0.5) is 0 Å². The number of benzene rings is 2. The van der Waals surface area contributed by atoms with Gasteiger partial charge in [-0.2, -0.15) is 0 Å². The first kappa shape index (κ1) is 20.9. The van der Waals surface area contributed by atoms with Gasteiger partial charge in [-0.3, -0.25) is 4.90 Å². The van der Waals surface area contributed by atoms with Crippen molar-refractivity contribution in [3.8, 4) is 5.75 Å². The molecule has 158 valence electrons. The van der Waals surface area contributed by atoms with Gasteiger partial charge in [0.05, 0.1) is 20.2 Å². The molecular weight excluding hydrogens is 392 g/mol. The summed E-state index contributed by atoms with van der Waals surface area (Å²) in [6.45, 7) is 6.19. The second-order valence-electron chi connectivity index (χ2n) is 7.84. The highest BCUT2D eigenvalue weighted by molar-refractivity contribution is 7.99. The number of rotatable bonds is 8. The average molecular weight is 423 g/mol. The summed E-state index contributed by atoms with van der Waals surface area (Å²) >= 11 is 1.76. The lowest BCUT2D eigenvalue weighted by Gasteiger charge is -2.26. The Kier molecular flexibility index (Phi) is 7.07. The van der Waals surface area contributed by atoms with E-state index in [0.717, 1.165) is 42.9 Å². The van der Waals surface area contributed by atoms with Crippen molar-refractivity contribution in [2.75, 3.05) is 20.2 Å². The van der Waals surface area contributed by atoms with Crippen molar-refractivity contribution < 1.29 is 4.74 Å². The smallest absolute Gasteiger partial charge is 0.192 e. The van der Waals surface area contributed by atoms with Crippen LogP contribution in [0.5, 0.6) is 5.75 Å². The third-order valence-corrected chi connectivity index (χ3v) is 6.77. The van der Waals surface area contributed by atoms with Crippen LogP contribution in [0.2, 0.25) is 0 Å². The van der Waals surface area contributed by atoms with E-state index >= 15 is 0 Å². The van der Waals surface area contributed by atoms with Gasteiger partial charge in [0.2, 0.25) is 0 Å². The number of nitrogens with zero attached hydrogens (tertiary/aromatic N) is 4. The molecule has 1 fully saturated rings. The quantitative estimate of drug-likeness (QED) is 0.468. The Balaban J connectivity index is 1.57. The van der Waals surface area contributed by atoms with E-state index in [9.17, 15) is 0 Å². The van der Waals surface area contributed by atoms with Crippen molar-refractivity contribution in [2.24, 2.45) is 0 Å². The van der Waals surface area contributed by atoms with Crippen LogP contribution in [0.3, 0.4) is 0 Å². The van der Waals surface area contributed by atoms with Gasteiger partial charge >= 0.3 is 0 Å². The standard InChI is InChI=1S/C24H30N4OS/c1-19(21-12-9-13-22(16-21)29-2)30-24-26-25-23(18-27-14-7-4-8-15-27)28(24)17-20-10-5-3-6-11-20/h3,5-6,9-13,16,19H,4,7-8,14-15,17-18H2,1-2H3/t19-/m1/s1. The van der Waals surface area contributed by atoms with Gasteiger partial charge in [0.25, 0.3) is 0 Å². The molecule has 0 unspecified atom stereocenters. The van der Waals surface area contributed by atoms with Crippen LogP contribution in [0.25, 0.3) is 0 Å². The fraction of sp³-hybridized carbons (Fsp3) is 0.417. The van der Waals surface area contributed by atoms with E-state index in [1.165, 1.54) is 30.4 Å². The summed E-state index contributed by atoms with van der Waals surface area (Å²) in [7, 11) is 1.71. The molecule has 30 heavy (non-hydrogen) atoms. The summed E-state index contributed by atoms with van der Waals surface area (Å²) in [5, 5.41) is 10.4. The Hall–Kier alpha value is -2.31. The lowest BCUT2D eigenvalue weighted by Crippen LogP contribution is -2.30. The molecule has 1 atom stereocenters. The van der Waals surface area contributed by atoms with Gasteiger partial charge in [0.1, 0.15) is 11.6 Å². The zero-order chi connectivity index (χ0) is 20.8. The SMILES string of the molecule is COc1cccc([C@@H](C)Sc2nnc(CN3CCCCC3)n2Cc2ccccc2)c1. The van der Waals surface area contributed by atoms with Crippen LogP contribution < -0.4 is 4.74 Å². The van der Waals surface area contributed by atoms with Gasteiger partial charge in [-0.05, 0) is 56.1 Å². The van der Waals surface area contributed by atoms with E-state index in [4.69, 9.17) is 4.74 Å². The Bertz CT molecular complexity index is 937. The van der Waals surface area contributed by atoms with Crippen LogP contribution in [-0.4, -0.2) is 39.9 Å². The zero-order valence-corrected chi connectivity index (χ0v) is 18.6. The molecule has 0 N–H and O–H groups in total. The highest BCUT2D eigenvalue weighted by Crippen LogP contribution is 2.35. The van der Waals surface area contributed by atoms with Crippen molar-refractivity contribution in [3.05, 3.63) is 71.5 Å². The maximum Gasteiger partial charge on any atom is 0.192 e. The first-order valence-electron chi connectivity index (χ1n) is 10.7. The summed E-state index contributed by atoms with van der Waals surface area (Å²) in [5.41, 5.74) is 2.50. The summed E-state index contributed by atoms with van der Waals surface area (Å²) in [4.78, 5) is 2.51. The van der Waals surface area contributed by atoms with Gasteiger partial charge < -0.3 is 9.30 Å². The fourth-order valence-corrected chi connectivity index (χ4v) is 4.87. The summed E-state index contributed by atoms with van der Waals surface area (Å²) in [5.74, 6) is 1.94. The molecule has 1 aromatic heterocycles. The third-order valence-electron chi connectivity index (χ3n) is 5.64. The monoisotopic (exact) mass is 422 g/mol. The number of likely N-dealkylation sites (tertiary alicyclic amines) is 1. The number of thioether (sulfide) groups is 1. The summed E-state index contributed by atoms with van der Waals surface area (Å²) in [6, 6.07) is 18.9. The highest BCUT2D eigenvalue weighted by Gasteiger charge is 2.20. The molecule has 4 rings (SSSR count). The molecule has 0 amide bonds. The molecule has 5 nitrogen and oxygen atoms in total. The topological polar surface area (TPSA) is 43.2 Å².